The molecule has 0 atom stereocenters. The number of hydrogen-bond donors (Lipinski definition) is 1. The van der Waals surface area contributed by atoms with Crippen LogP contribution in [-0.2, 0) is 11.4 Å². The fraction of sp³-hybridized carbons (Fsp3) is 0.0909. The van der Waals surface area contributed by atoms with Crippen molar-refractivity contribution in [3.63, 3.8) is 0 Å². The van der Waals surface area contributed by atoms with Crippen LogP contribution in [0.1, 0.15) is 11.1 Å². The Hall–Kier alpha value is -3.72. The predicted octanol–water partition coefficient (Wildman–Crippen LogP) is 4.47. The Balaban J connectivity index is 1.58. The van der Waals surface area contributed by atoms with Crippen LogP contribution in [0.3, 0.4) is 0 Å². The van der Waals surface area contributed by atoms with E-state index in [-0.39, 0.29) is 11.4 Å². The maximum Gasteiger partial charge on any atom is 0.310 e. The van der Waals surface area contributed by atoms with E-state index in [0.29, 0.717) is 17.9 Å². The van der Waals surface area contributed by atoms with Crippen molar-refractivity contribution in [1.82, 2.24) is 5.43 Å². The highest BCUT2D eigenvalue weighted by atomic mass is 79.9. The van der Waals surface area contributed by atoms with Gasteiger partial charge in [0.05, 0.1) is 11.1 Å². The summed E-state index contributed by atoms with van der Waals surface area (Å²) in [6, 6.07) is 21.0. The molecule has 0 spiro atoms. The van der Waals surface area contributed by atoms with Gasteiger partial charge in [0.2, 0.25) is 0 Å². The van der Waals surface area contributed by atoms with Crippen molar-refractivity contribution in [3.8, 4) is 11.5 Å². The number of hydrogen-bond acceptors (Lipinski definition) is 6. The molecule has 1 amide bonds. The second-order valence-corrected chi connectivity index (χ2v) is 7.18. The zero-order chi connectivity index (χ0) is 22.1. The number of hydrazone groups is 1. The minimum atomic E-state index is -0.574. The van der Waals surface area contributed by atoms with Crippen LogP contribution in [0.25, 0.3) is 0 Å². The molecule has 158 valence electrons. The lowest BCUT2D eigenvalue weighted by Crippen LogP contribution is -2.24. The zero-order valence-corrected chi connectivity index (χ0v) is 17.8. The Morgan fingerprint density at radius 1 is 1.03 bits per heavy atom. The molecule has 0 unspecified atom stereocenters. The van der Waals surface area contributed by atoms with E-state index >= 15 is 0 Å². The second-order valence-electron chi connectivity index (χ2n) is 6.26. The van der Waals surface area contributed by atoms with Crippen LogP contribution < -0.4 is 14.9 Å². The van der Waals surface area contributed by atoms with E-state index in [2.05, 4.69) is 26.5 Å². The summed E-state index contributed by atoms with van der Waals surface area (Å²) in [5.74, 6) is 0.0487. The maximum absolute atomic E-state index is 12.0. The first-order valence-electron chi connectivity index (χ1n) is 9.17. The van der Waals surface area contributed by atoms with Gasteiger partial charge in [0.15, 0.2) is 12.4 Å². The van der Waals surface area contributed by atoms with Crippen LogP contribution >= 0.6 is 15.9 Å². The standard InChI is InChI=1S/C22H18BrN3O5/c23-18-10-11-20(30-14-16-6-2-1-3-7-16)17(12-18)13-24-25-22(27)15-31-21-9-5-4-8-19(21)26(28)29/h1-13H,14-15H2,(H,25,27)/b24-13+. The van der Waals surface area contributed by atoms with Gasteiger partial charge in [0.25, 0.3) is 5.91 Å². The maximum atomic E-state index is 12.0. The Labute approximate surface area is 186 Å². The molecule has 0 bridgehead atoms. The third-order valence-electron chi connectivity index (χ3n) is 4.02. The molecule has 0 fully saturated rings. The van der Waals surface area contributed by atoms with E-state index in [4.69, 9.17) is 9.47 Å². The first kappa shape index (κ1) is 22.0. The minimum absolute atomic E-state index is 0.00946. The molecular weight excluding hydrogens is 466 g/mol. The topological polar surface area (TPSA) is 103 Å². The van der Waals surface area contributed by atoms with E-state index in [0.717, 1.165) is 10.0 Å². The number of ether oxygens (including phenoxy) is 2. The number of halogens is 1. The van der Waals surface area contributed by atoms with Crippen LogP contribution in [0, 0.1) is 10.1 Å². The molecular formula is C22H18BrN3O5. The van der Waals surface area contributed by atoms with Crippen molar-refractivity contribution in [1.29, 1.82) is 0 Å². The molecule has 0 aromatic heterocycles. The first-order valence-corrected chi connectivity index (χ1v) is 9.96. The second kappa shape index (κ2) is 10.9. The van der Waals surface area contributed by atoms with Gasteiger partial charge in [-0.2, -0.15) is 5.10 Å². The molecule has 31 heavy (non-hydrogen) atoms. The molecule has 0 aliphatic carbocycles. The fourth-order valence-electron chi connectivity index (χ4n) is 2.57. The highest BCUT2D eigenvalue weighted by Crippen LogP contribution is 2.25. The molecule has 0 saturated carbocycles. The number of carbonyl (C=O) groups excluding carboxylic acids is 1. The van der Waals surface area contributed by atoms with Gasteiger partial charge in [-0.1, -0.05) is 58.4 Å². The predicted molar refractivity (Wildman–Crippen MR) is 119 cm³/mol. The van der Waals surface area contributed by atoms with Crippen LogP contribution in [-0.4, -0.2) is 23.7 Å². The van der Waals surface area contributed by atoms with Crippen LogP contribution in [0.2, 0.25) is 0 Å². The van der Waals surface area contributed by atoms with E-state index in [9.17, 15) is 14.9 Å². The van der Waals surface area contributed by atoms with Gasteiger partial charge in [0, 0.05) is 16.1 Å². The number of rotatable bonds is 9. The molecule has 3 aromatic carbocycles. The summed E-state index contributed by atoms with van der Waals surface area (Å²) in [5, 5.41) is 14.9. The number of nitrogens with one attached hydrogen (secondary N) is 1. The summed E-state index contributed by atoms with van der Waals surface area (Å²) in [7, 11) is 0. The van der Waals surface area contributed by atoms with Crippen molar-refractivity contribution >= 4 is 33.7 Å². The molecule has 0 saturated heterocycles. The monoisotopic (exact) mass is 483 g/mol. The van der Waals surface area contributed by atoms with Gasteiger partial charge in [0.1, 0.15) is 12.4 Å². The van der Waals surface area contributed by atoms with Crippen molar-refractivity contribution in [3.05, 3.63) is 98.5 Å². The molecule has 0 aliphatic heterocycles. The lowest BCUT2D eigenvalue weighted by atomic mass is 10.2. The van der Waals surface area contributed by atoms with Gasteiger partial charge >= 0.3 is 5.69 Å². The molecule has 1 N–H and O–H groups in total. The number of para-hydroxylation sites is 2. The Morgan fingerprint density at radius 2 is 1.77 bits per heavy atom. The quantitative estimate of drug-likeness (QED) is 0.274. The summed E-state index contributed by atoms with van der Waals surface area (Å²) in [4.78, 5) is 22.4. The van der Waals surface area contributed by atoms with Gasteiger partial charge in [-0.15, -0.1) is 0 Å². The third-order valence-corrected chi connectivity index (χ3v) is 4.52. The number of nitrogens with zero attached hydrogens (tertiary/aromatic N) is 2. The van der Waals surface area contributed by atoms with Crippen LogP contribution in [0.5, 0.6) is 11.5 Å². The smallest absolute Gasteiger partial charge is 0.310 e. The van der Waals surface area contributed by atoms with Crippen LogP contribution in [0.15, 0.2) is 82.4 Å². The Morgan fingerprint density at radius 3 is 2.55 bits per heavy atom. The highest BCUT2D eigenvalue weighted by Gasteiger charge is 2.14. The summed E-state index contributed by atoms with van der Waals surface area (Å²) >= 11 is 3.40. The van der Waals surface area contributed by atoms with Gasteiger partial charge in [-0.05, 0) is 29.8 Å². The SMILES string of the molecule is O=C(COc1ccccc1[N+](=O)[O-])N/N=C/c1cc(Br)ccc1OCc1ccccc1. The van der Waals surface area contributed by atoms with Crippen molar-refractivity contribution < 1.29 is 19.2 Å². The highest BCUT2D eigenvalue weighted by molar-refractivity contribution is 9.10. The van der Waals surface area contributed by atoms with Gasteiger partial charge in [-0.3, -0.25) is 14.9 Å². The summed E-state index contributed by atoms with van der Waals surface area (Å²) in [6.45, 7) is -0.0303. The lowest BCUT2D eigenvalue weighted by molar-refractivity contribution is -0.385. The van der Waals surface area contributed by atoms with Crippen molar-refractivity contribution in [2.75, 3.05) is 6.61 Å². The van der Waals surface area contributed by atoms with Crippen molar-refractivity contribution in [2.45, 2.75) is 6.61 Å². The van der Waals surface area contributed by atoms with Gasteiger partial charge < -0.3 is 9.47 Å². The number of amides is 1. The third kappa shape index (κ3) is 6.65. The molecule has 0 heterocycles. The number of carbonyl (C=O) groups is 1. The van der Waals surface area contributed by atoms with Crippen LogP contribution in [0.4, 0.5) is 5.69 Å². The number of nitro groups is 1. The first-order chi connectivity index (χ1) is 15.0. The number of benzene rings is 3. The molecule has 3 aromatic rings. The minimum Gasteiger partial charge on any atom is -0.488 e. The molecule has 8 nitrogen and oxygen atoms in total. The molecule has 0 aliphatic rings. The number of nitro benzene ring substituents is 1. The summed E-state index contributed by atoms with van der Waals surface area (Å²) in [6.07, 6.45) is 1.45. The van der Waals surface area contributed by atoms with E-state index in [1.54, 1.807) is 18.2 Å². The average molecular weight is 484 g/mol. The summed E-state index contributed by atoms with van der Waals surface area (Å²) in [5.41, 5.74) is 3.80. The zero-order valence-electron chi connectivity index (χ0n) is 16.2. The van der Waals surface area contributed by atoms with E-state index in [1.807, 2.05) is 36.4 Å². The Bertz CT molecular complexity index is 1090. The van der Waals surface area contributed by atoms with E-state index < -0.39 is 17.4 Å². The molecule has 3 rings (SSSR count). The van der Waals surface area contributed by atoms with Crippen molar-refractivity contribution in [2.24, 2.45) is 5.10 Å². The molecule has 0 radical (unpaired) electrons. The normalized spacial score (nSPS) is 10.6. The Kier molecular flexibility index (Phi) is 7.72. The fourth-order valence-corrected chi connectivity index (χ4v) is 2.95. The average Bonchev–Trinajstić information content (AvgIpc) is 2.78. The summed E-state index contributed by atoms with van der Waals surface area (Å²) < 4.78 is 11.9. The van der Waals surface area contributed by atoms with Gasteiger partial charge in [-0.25, -0.2) is 5.43 Å². The largest absolute Gasteiger partial charge is 0.488 e. The lowest BCUT2D eigenvalue weighted by Gasteiger charge is -2.10. The molecule has 9 heteroatoms. The van der Waals surface area contributed by atoms with E-state index in [1.165, 1.54) is 24.4 Å².